The summed E-state index contributed by atoms with van der Waals surface area (Å²) in [6.45, 7) is 3.54. The molecule has 1 N–H and O–H groups in total. The van der Waals surface area contributed by atoms with E-state index in [4.69, 9.17) is 4.74 Å². The number of allylic oxidation sites excluding steroid dienone is 1. The van der Waals surface area contributed by atoms with Crippen LogP contribution < -0.4 is 10.1 Å². The van der Waals surface area contributed by atoms with E-state index in [0.717, 1.165) is 11.4 Å². The fourth-order valence-corrected chi connectivity index (χ4v) is 1.60. The molecule has 0 aliphatic heterocycles. The van der Waals surface area contributed by atoms with Gasteiger partial charge in [-0.15, -0.1) is 0 Å². The second kappa shape index (κ2) is 6.57. The van der Waals surface area contributed by atoms with Crippen LogP contribution in [0.3, 0.4) is 0 Å². The standard InChI is InChI=1S/C17H17NO2/c1-3-13(2)17(19)20-16-11-9-15(10-12-16)18-14-7-5-4-6-8-14/h3-12,18H,1-2H3. The number of hydrogen-bond donors (Lipinski definition) is 1. The smallest absolute Gasteiger partial charge is 0.338 e. The molecule has 0 saturated carbocycles. The Morgan fingerprint density at radius 1 is 1.00 bits per heavy atom. The molecule has 0 saturated heterocycles. The molecule has 0 heterocycles. The van der Waals surface area contributed by atoms with E-state index in [-0.39, 0.29) is 5.97 Å². The molecule has 0 unspecified atom stereocenters. The molecule has 0 atom stereocenters. The van der Waals surface area contributed by atoms with Gasteiger partial charge < -0.3 is 10.1 Å². The fraction of sp³-hybridized carbons (Fsp3) is 0.118. The first-order chi connectivity index (χ1) is 9.69. The van der Waals surface area contributed by atoms with E-state index in [1.165, 1.54) is 0 Å². The molecule has 0 amide bonds. The lowest BCUT2D eigenvalue weighted by Gasteiger charge is -2.08. The van der Waals surface area contributed by atoms with E-state index >= 15 is 0 Å². The SMILES string of the molecule is CC=C(C)C(=O)Oc1ccc(Nc2ccccc2)cc1. The Morgan fingerprint density at radius 2 is 1.60 bits per heavy atom. The number of carbonyl (C=O) groups is 1. The summed E-state index contributed by atoms with van der Waals surface area (Å²) in [5.74, 6) is 0.214. The minimum absolute atomic E-state index is 0.323. The van der Waals surface area contributed by atoms with E-state index in [9.17, 15) is 4.79 Å². The Bertz CT molecular complexity index is 601. The summed E-state index contributed by atoms with van der Waals surface area (Å²) in [5.41, 5.74) is 2.55. The minimum atomic E-state index is -0.323. The van der Waals surface area contributed by atoms with Crippen LogP contribution in [0.1, 0.15) is 13.8 Å². The molecule has 0 aliphatic rings. The van der Waals surface area contributed by atoms with Gasteiger partial charge in [-0.3, -0.25) is 0 Å². The number of nitrogens with one attached hydrogen (secondary N) is 1. The van der Waals surface area contributed by atoms with Crippen LogP contribution in [0.15, 0.2) is 66.2 Å². The third-order valence-corrected chi connectivity index (χ3v) is 2.88. The highest BCUT2D eigenvalue weighted by atomic mass is 16.5. The van der Waals surface area contributed by atoms with Crippen molar-refractivity contribution in [3.63, 3.8) is 0 Å². The molecule has 3 heteroatoms. The number of benzene rings is 2. The van der Waals surface area contributed by atoms with Crippen LogP contribution in [0, 0.1) is 0 Å². The second-order valence-corrected chi connectivity index (χ2v) is 4.38. The molecule has 0 aromatic heterocycles. The lowest BCUT2D eigenvalue weighted by atomic mass is 10.2. The number of ether oxygens (including phenoxy) is 1. The molecule has 3 nitrogen and oxygen atoms in total. The lowest BCUT2D eigenvalue weighted by Crippen LogP contribution is -2.08. The molecule has 0 fully saturated rings. The topological polar surface area (TPSA) is 38.3 Å². The lowest BCUT2D eigenvalue weighted by molar-refractivity contribution is -0.130. The van der Waals surface area contributed by atoms with Crippen molar-refractivity contribution in [2.24, 2.45) is 0 Å². The summed E-state index contributed by atoms with van der Waals surface area (Å²) >= 11 is 0. The van der Waals surface area contributed by atoms with Crippen LogP contribution >= 0.6 is 0 Å². The summed E-state index contributed by atoms with van der Waals surface area (Å²) in [5, 5.41) is 3.27. The Hall–Kier alpha value is -2.55. The minimum Gasteiger partial charge on any atom is -0.423 e. The summed E-state index contributed by atoms with van der Waals surface area (Å²) in [7, 11) is 0. The van der Waals surface area contributed by atoms with Gasteiger partial charge in [0, 0.05) is 16.9 Å². The second-order valence-electron chi connectivity index (χ2n) is 4.38. The van der Waals surface area contributed by atoms with Gasteiger partial charge >= 0.3 is 5.97 Å². The van der Waals surface area contributed by atoms with Crippen molar-refractivity contribution in [2.75, 3.05) is 5.32 Å². The van der Waals surface area contributed by atoms with E-state index in [1.807, 2.05) is 49.4 Å². The summed E-state index contributed by atoms with van der Waals surface area (Å²) in [6.07, 6.45) is 1.73. The monoisotopic (exact) mass is 267 g/mol. The van der Waals surface area contributed by atoms with Gasteiger partial charge in [0.1, 0.15) is 5.75 Å². The van der Waals surface area contributed by atoms with Crippen molar-refractivity contribution in [1.29, 1.82) is 0 Å². The molecule has 20 heavy (non-hydrogen) atoms. The predicted octanol–water partition coefficient (Wildman–Crippen LogP) is 4.30. The van der Waals surface area contributed by atoms with Crippen molar-refractivity contribution >= 4 is 17.3 Å². The van der Waals surface area contributed by atoms with Gasteiger partial charge in [-0.1, -0.05) is 24.3 Å². The number of anilines is 2. The van der Waals surface area contributed by atoms with Crippen molar-refractivity contribution in [3.8, 4) is 5.75 Å². The first kappa shape index (κ1) is 13.9. The first-order valence-corrected chi connectivity index (χ1v) is 6.46. The average Bonchev–Trinajstić information content (AvgIpc) is 2.49. The summed E-state index contributed by atoms with van der Waals surface area (Å²) in [6, 6.07) is 17.2. The van der Waals surface area contributed by atoms with Crippen molar-refractivity contribution in [2.45, 2.75) is 13.8 Å². The number of carbonyl (C=O) groups excluding carboxylic acids is 1. The summed E-state index contributed by atoms with van der Waals surface area (Å²) in [4.78, 5) is 11.6. The van der Waals surface area contributed by atoms with Gasteiger partial charge in [0.2, 0.25) is 0 Å². The molecule has 0 bridgehead atoms. The maximum absolute atomic E-state index is 11.6. The molecule has 2 aromatic rings. The Balaban J connectivity index is 2.02. The molecular formula is C17H17NO2. The quantitative estimate of drug-likeness (QED) is 0.510. The van der Waals surface area contributed by atoms with Crippen LogP contribution in [0.5, 0.6) is 5.75 Å². The highest BCUT2D eigenvalue weighted by molar-refractivity contribution is 5.89. The van der Waals surface area contributed by atoms with Crippen molar-refractivity contribution < 1.29 is 9.53 Å². The molecular weight excluding hydrogens is 250 g/mol. The van der Waals surface area contributed by atoms with E-state index in [2.05, 4.69) is 5.32 Å². The molecule has 0 radical (unpaired) electrons. The largest absolute Gasteiger partial charge is 0.423 e. The van der Waals surface area contributed by atoms with Gasteiger partial charge in [-0.2, -0.15) is 0 Å². The van der Waals surface area contributed by atoms with Crippen LogP contribution in [0.25, 0.3) is 0 Å². The molecule has 102 valence electrons. The molecule has 0 aliphatic carbocycles. The normalized spacial score (nSPS) is 11.0. The average molecular weight is 267 g/mol. The van der Waals surface area contributed by atoms with Gasteiger partial charge in [-0.25, -0.2) is 4.79 Å². The van der Waals surface area contributed by atoms with Crippen LogP contribution in [-0.2, 0) is 4.79 Å². The Labute approximate surface area is 118 Å². The Morgan fingerprint density at radius 3 is 2.20 bits per heavy atom. The maximum atomic E-state index is 11.6. The zero-order chi connectivity index (χ0) is 14.4. The first-order valence-electron chi connectivity index (χ1n) is 6.46. The van der Waals surface area contributed by atoms with Gasteiger partial charge in [0.05, 0.1) is 0 Å². The zero-order valence-electron chi connectivity index (χ0n) is 11.6. The van der Waals surface area contributed by atoms with Crippen LogP contribution in [0.2, 0.25) is 0 Å². The summed E-state index contributed by atoms with van der Waals surface area (Å²) < 4.78 is 5.24. The van der Waals surface area contributed by atoms with Gasteiger partial charge in [0.15, 0.2) is 0 Å². The van der Waals surface area contributed by atoms with Crippen molar-refractivity contribution in [3.05, 3.63) is 66.2 Å². The fourth-order valence-electron chi connectivity index (χ4n) is 1.60. The Kier molecular flexibility index (Phi) is 4.56. The number of hydrogen-bond acceptors (Lipinski definition) is 3. The molecule has 2 rings (SSSR count). The van der Waals surface area contributed by atoms with Crippen molar-refractivity contribution in [1.82, 2.24) is 0 Å². The van der Waals surface area contributed by atoms with Crippen LogP contribution in [-0.4, -0.2) is 5.97 Å². The number of rotatable bonds is 4. The molecule has 2 aromatic carbocycles. The highest BCUT2D eigenvalue weighted by Crippen LogP contribution is 2.20. The van der Waals surface area contributed by atoms with Crippen LogP contribution in [0.4, 0.5) is 11.4 Å². The van der Waals surface area contributed by atoms with Gasteiger partial charge in [-0.05, 0) is 50.2 Å². The maximum Gasteiger partial charge on any atom is 0.338 e. The predicted molar refractivity (Wildman–Crippen MR) is 81.2 cm³/mol. The molecule has 0 spiro atoms. The van der Waals surface area contributed by atoms with E-state index < -0.39 is 0 Å². The number of esters is 1. The van der Waals surface area contributed by atoms with E-state index in [0.29, 0.717) is 11.3 Å². The van der Waals surface area contributed by atoms with Gasteiger partial charge in [0.25, 0.3) is 0 Å². The van der Waals surface area contributed by atoms with E-state index in [1.54, 1.807) is 25.1 Å². The third-order valence-electron chi connectivity index (χ3n) is 2.88. The number of para-hydroxylation sites is 1. The third kappa shape index (κ3) is 3.72. The zero-order valence-corrected chi connectivity index (χ0v) is 11.6. The highest BCUT2D eigenvalue weighted by Gasteiger charge is 2.06.